The van der Waals surface area contributed by atoms with E-state index in [-0.39, 0.29) is 0 Å². The molecule has 2 rings (SSSR count). The van der Waals surface area contributed by atoms with E-state index in [2.05, 4.69) is 0 Å². The van der Waals surface area contributed by atoms with Crippen molar-refractivity contribution in [3.63, 3.8) is 0 Å². The Hall–Kier alpha value is -1.29. The molecule has 1 heterocycles. The molecule has 0 unspecified atom stereocenters. The van der Waals surface area contributed by atoms with Crippen LogP contribution in [0.1, 0.15) is 18.4 Å². The predicted octanol–water partition coefficient (Wildman–Crippen LogP) is 0.613. The van der Waals surface area contributed by atoms with Gasteiger partial charge in [-0.3, -0.25) is 4.79 Å². The van der Waals surface area contributed by atoms with Crippen LogP contribution in [-0.4, -0.2) is 32.1 Å². The third kappa shape index (κ3) is 1.85. The molecule has 1 saturated heterocycles. The van der Waals surface area contributed by atoms with Gasteiger partial charge in [0.05, 0.1) is 5.41 Å². The van der Waals surface area contributed by atoms with Crippen molar-refractivity contribution in [1.29, 1.82) is 0 Å². The standard InChI is InChI=1S/C12H13BO3/c13-10-3-1-9(2-4-10)12(11(14)15)5-7-16-8-6-12/h1-4H,5-8H2,(H,14,15). The largest absolute Gasteiger partial charge is 0.481 e. The van der Waals surface area contributed by atoms with Crippen molar-refractivity contribution < 1.29 is 14.6 Å². The predicted molar refractivity (Wildman–Crippen MR) is 61.2 cm³/mol. The fourth-order valence-corrected chi connectivity index (χ4v) is 2.15. The molecule has 2 radical (unpaired) electrons. The van der Waals surface area contributed by atoms with E-state index >= 15 is 0 Å². The molecule has 1 N–H and O–H groups in total. The van der Waals surface area contributed by atoms with E-state index in [1.807, 2.05) is 0 Å². The maximum atomic E-state index is 11.5. The Balaban J connectivity index is 2.38. The van der Waals surface area contributed by atoms with Gasteiger partial charge in [0.2, 0.25) is 0 Å². The number of benzene rings is 1. The van der Waals surface area contributed by atoms with Crippen molar-refractivity contribution in [1.82, 2.24) is 0 Å². The molecule has 1 aliphatic heterocycles. The summed E-state index contributed by atoms with van der Waals surface area (Å²) in [6.45, 7) is 0.993. The van der Waals surface area contributed by atoms with Gasteiger partial charge in [-0.15, -0.1) is 0 Å². The molecule has 82 valence electrons. The van der Waals surface area contributed by atoms with Gasteiger partial charge in [0, 0.05) is 13.2 Å². The summed E-state index contributed by atoms with van der Waals surface area (Å²) in [4.78, 5) is 11.5. The number of carbonyl (C=O) groups is 1. The molecule has 16 heavy (non-hydrogen) atoms. The van der Waals surface area contributed by atoms with E-state index in [4.69, 9.17) is 12.6 Å². The van der Waals surface area contributed by atoms with Crippen molar-refractivity contribution >= 4 is 19.3 Å². The zero-order valence-electron chi connectivity index (χ0n) is 8.98. The molecule has 0 saturated carbocycles. The van der Waals surface area contributed by atoms with Gasteiger partial charge >= 0.3 is 5.97 Å². The highest BCUT2D eigenvalue weighted by Crippen LogP contribution is 2.34. The van der Waals surface area contributed by atoms with Gasteiger partial charge in [-0.25, -0.2) is 0 Å². The quantitative estimate of drug-likeness (QED) is 0.737. The third-order valence-electron chi connectivity index (χ3n) is 3.22. The molecule has 0 bridgehead atoms. The zero-order chi connectivity index (χ0) is 11.6. The lowest BCUT2D eigenvalue weighted by Crippen LogP contribution is -2.41. The zero-order valence-corrected chi connectivity index (χ0v) is 8.98. The van der Waals surface area contributed by atoms with E-state index in [0.717, 1.165) is 5.56 Å². The highest BCUT2D eigenvalue weighted by atomic mass is 16.5. The minimum Gasteiger partial charge on any atom is -0.481 e. The average Bonchev–Trinajstić information content (AvgIpc) is 2.30. The number of aliphatic carboxylic acids is 1. The molecule has 0 spiro atoms. The van der Waals surface area contributed by atoms with Gasteiger partial charge in [-0.2, -0.15) is 0 Å². The van der Waals surface area contributed by atoms with Crippen molar-refractivity contribution in [3.05, 3.63) is 29.8 Å². The molecular formula is C12H13BO3. The summed E-state index contributed by atoms with van der Waals surface area (Å²) in [5, 5.41) is 9.42. The maximum Gasteiger partial charge on any atom is 0.314 e. The van der Waals surface area contributed by atoms with Crippen LogP contribution in [0.15, 0.2) is 24.3 Å². The summed E-state index contributed by atoms with van der Waals surface area (Å²) in [5.74, 6) is -0.777. The molecule has 3 nitrogen and oxygen atoms in total. The van der Waals surface area contributed by atoms with Crippen LogP contribution < -0.4 is 5.46 Å². The van der Waals surface area contributed by atoms with Crippen molar-refractivity contribution in [3.8, 4) is 0 Å². The summed E-state index contributed by atoms with van der Waals surface area (Å²) in [5.41, 5.74) is 0.667. The molecule has 4 heteroatoms. The Morgan fingerprint density at radius 2 is 1.81 bits per heavy atom. The van der Waals surface area contributed by atoms with Crippen LogP contribution in [0, 0.1) is 0 Å². The molecular weight excluding hydrogens is 203 g/mol. The second kappa shape index (κ2) is 4.30. The van der Waals surface area contributed by atoms with Gasteiger partial charge in [-0.1, -0.05) is 29.7 Å². The fraction of sp³-hybridized carbons (Fsp3) is 0.417. The Morgan fingerprint density at radius 3 is 2.31 bits per heavy atom. The summed E-state index contributed by atoms with van der Waals surface area (Å²) in [7, 11) is 5.60. The second-order valence-electron chi connectivity index (χ2n) is 4.12. The maximum absolute atomic E-state index is 11.5. The van der Waals surface area contributed by atoms with E-state index in [1.165, 1.54) is 0 Å². The number of hydrogen-bond acceptors (Lipinski definition) is 2. The smallest absolute Gasteiger partial charge is 0.314 e. The van der Waals surface area contributed by atoms with Gasteiger partial charge in [0.25, 0.3) is 0 Å². The van der Waals surface area contributed by atoms with Crippen LogP contribution in [0.5, 0.6) is 0 Å². The molecule has 1 aromatic rings. The Labute approximate surface area is 95.8 Å². The van der Waals surface area contributed by atoms with Crippen LogP contribution in [0.2, 0.25) is 0 Å². The molecule has 0 aliphatic carbocycles. The van der Waals surface area contributed by atoms with Gasteiger partial charge in [0.1, 0.15) is 7.85 Å². The molecule has 1 fully saturated rings. The highest BCUT2D eigenvalue weighted by Gasteiger charge is 2.41. The van der Waals surface area contributed by atoms with Gasteiger partial charge < -0.3 is 9.84 Å². The topological polar surface area (TPSA) is 46.5 Å². The van der Waals surface area contributed by atoms with E-state index in [0.29, 0.717) is 31.5 Å². The highest BCUT2D eigenvalue weighted by molar-refractivity contribution is 6.32. The number of carboxylic acid groups (broad SMARTS) is 1. The first-order valence-corrected chi connectivity index (χ1v) is 5.32. The van der Waals surface area contributed by atoms with Crippen molar-refractivity contribution in [2.45, 2.75) is 18.3 Å². The van der Waals surface area contributed by atoms with E-state index in [9.17, 15) is 9.90 Å². The van der Waals surface area contributed by atoms with Crippen LogP contribution in [0.25, 0.3) is 0 Å². The summed E-state index contributed by atoms with van der Waals surface area (Å²) >= 11 is 0. The lowest BCUT2D eigenvalue weighted by molar-refractivity contribution is -0.147. The molecule has 1 aliphatic rings. The van der Waals surface area contributed by atoms with Crippen LogP contribution in [-0.2, 0) is 14.9 Å². The monoisotopic (exact) mass is 216 g/mol. The van der Waals surface area contributed by atoms with E-state index in [1.54, 1.807) is 24.3 Å². The minimum atomic E-state index is -0.800. The molecule has 0 atom stereocenters. The number of rotatable bonds is 2. The first kappa shape index (κ1) is 11.2. The first-order valence-electron chi connectivity index (χ1n) is 5.32. The second-order valence-corrected chi connectivity index (χ2v) is 4.12. The third-order valence-corrected chi connectivity index (χ3v) is 3.22. The summed E-state index contributed by atoms with van der Waals surface area (Å²) < 4.78 is 5.23. The Morgan fingerprint density at radius 1 is 1.25 bits per heavy atom. The first-order chi connectivity index (χ1) is 7.65. The minimum absolute atomic E-state index is 0.497. The van der Waals surface area contributed by atoms with Crippen LogP contribution >= 0.6 is 0 Å². The summed E-state index contributed by atoms with van der Waals surface area (Å²) in [6.07, 6.45) is 1.04. The molecule has 0 amide bonds. The lowest BCUT2D eigenvalue weighted by atomic mass is 9.73. The van der Waals surface area contributed by atoms with Crippen LogP contribution in [0.3, 0.4) is 0 Å². The molecule has 1 aromatic carbocycles. The van der Waals surface area contributed by atoms with Gasteiger partial charge in [0.15, 0.2) is 0 Å². The lowest BCUT2D eigenvalue weighted by Gasteiger charge is -2.33. The van der Waals surface area contributed by atoms with Crippen molar-refractivity contribution in [2.24, 2.45) is 0 Å². The average molecular weight is 216 g/mol. The normalized spacial score (nSPS) is 19.2. The Kier molecular flexibility index (Phi) is 3.01. The van der Waals surface area contributed by atoms with Gasteiger partial charge in [-0.05, 0) is 18.4 Å². The number of hydrogen-bond donors (Lipinski definition) is 1. The summed E-state index contributed by atoms with van der Waals surface area (Å²) in [6, 6.07) is 7.09. The van der Waals surface area contributed by atoms with Crippen LogP contribution in [0.4, 0.5) is 0 Å². The fourth-order valence-electron chi connectivity index (χ4n) is 2.15. The van der Waals surface area contributed by atoms with E-state index < -0.39 is 11.4 Å². The molecule has 0 aromatic heterocycles. The number of ether oxygens (including phenoxy) is 1. The number of carboxylic acids is 1. The Bertz CT molecular complexity index is 380. The SMILES string of the molecule is [B]c1ccc(C2(C(=O)O)CCOCC2)cc1. The van der Waals surface area contributed by atoms with Crippen molar-refractivity contribution in [2.75, 3.05) is 13.2 Å².